The molecule has 2 aromatic heterocycles. The SMILES string of the molecule is Cc1cncc(C(=O)N2[C@@H]3CC[C@H]2Cc2c(C(=O)N(C)C)nc(-c4ccccc4)n2C3)c1. The first-order valence-electron chi connectivity index (χ1n) is 11.0. The molecule has 5 rings (SSSR count). The van der Waals surface area contributed by atoms with Crippen molar-refractivity contribution in [1.29, 1.82) is 0 Å². The number of hydrogen-bond acceptors (Lipinski definition) is 4. The number of fused-ring (bicyclic) bond motifs is 3. The summed E-state index contributed by atoms with van der Waals surface area (Å²) in [6.07, 6.45) is 5.90. The third kappa shape index (κ3) is 3.38. The average molecular weight is 430 g/mol. The summed E-state index contributed by atoms with van der Waals surface area (Å²) < 4.78 is 2.17. The van der Waals surface area contributed by atoms with E-state index in [-0.39, 0.29) is 23.9 Å². The molecular formula is C25H27N5O2. The number of carbonyl (C=O) groups is 2. The normalized spacial score (nSPS) is 19.4. The largest absolute Gasteiger partial charge is 0.343 e. The maximum Gasteiger partial charge on any atom is 0.273 e. The minimum atomic E-state index is -0.102. The zero-order valence-electron chi connectivity index (χ0n) is 18.7. The minimum absolute atomic E-state index is 0.0224. The van der Waals surface area contributed by atoms with Gasteiger partial charge in [0.15, 0.2) is 0 Å². The predicted octanol–water partition coefficient (Wildman–Crippen LogP) is 3.18. The molecule has 2 aliphatic rings. The lowest BCUT2D eigenvalue weighted by Crippen LogP contribution is -2.42. The summed E-state index contributed by atoms with van der Waals surface area (Å²) in [5, 5.41) is 0. The van der Waals surface area contributed by atoms with Crippen LogP contribution in [-0.4, -0.2) is 62.3 Å². The maximum absolute atomic E-state index is 13.5. The Morgan fingerprint density at radius 3 is 2.53 bits per heavy atom. The standard InChI is InChI=1S/C25H27N5O2/c1-16-11-18(14-26-13-16)24(31)30-19-9-10-20(30)15-29-21(12-19)22(25(32)28(2)3)27-23(29)17-7-5-4-6-8-17/h4-8,11,13-14,19-20H,9-10,12,15H2,1-3H3/t19-,20+/m0/s1. The molecule has 2 aliphatic heterocycles. The molecule has 1 saturated heterocycles. The molecule has 1 aromatic carbocycles. The van der Waals surface area contributed by atoms with Gasteiger partial charge in [0.25, 0.3) is 11.8 Å². The summed E-state index contributed by atoms with van der Waals surface area (Å²) in [4.78, 5) is 39.2. The van der Waals surface area contributed by atoms with Crippen LogP contribution in [0, 0.1) is 6.92 Å². The lowest BCUT2D eigenvalue weighted by atomic mass is 10.0. The molecule has 164 valence electrons. The Kier molecular flexibility index (Phi) is 5.04. The number of benzene rings is 1. The molecular weight excluding hydrogens is 402 g/mol. The summed E-state index contributed by atoms with van der Waals surface area (Å²) in [7, 11) is 3.50. The van der Waals surface area contributed by atoms with Gasteiger partial charge in [0.1, 0.15) is 11.5 Å². The Hall–Kier alpha value is -3.48. The van der Waals surface area contributed by atoms with Crippen molar-refractivity contribution >= 4 is 11.8 Å². The Labute approximate surface area is 187 Å². The van der Waals surface area contributed by atoms with Gasteiger partial charge < -0.3 is 14.4 Å². The number of nitrogens with zero attached hydrogens (tertiary/aromatic N) is 5. The molecule has 0 unspecified atom stereocenters. The topological polar surface area (TPSA) is 71.3 Å². The molecule has 3 aromatic rings. The number of carbonyl (C=O) groups excluding carboxylic acids is 2. The van der Waals surface area contributed by atoms with Gasteiger partial charge in [-0.3, -0.25) is 14.6 Å². The molecule has 4 heterocycles. The molecule has 2 atom stereocenters. The molecule has 1 fully saturated rings. The van der Waals surface area contributed by atoms with E-state index in [9.17, 15) is 9.59 Å². The molecule has 2 amide bonds. The fourth-order valence-electron chi connectivity index (χ4n) is 5.01. The zero-order valence-corrected chi connectivity index (χ0v) is 18.7. The highest BCUT2D eigenvalue weighted by molar-refractivity contribution is 5.95. The maximum atomic E-state index is 13.5. The van der Waals surface area contributed by atoms with E-state index in [1.54, 1.807) is 31.4 Å². The van der Waals surface area contributed by atoms with Crippen LogP contribution in [0.15, 0.2) is 48.8 Å². The molecule has 0 saturated carbocycles. The first-order chi connectivity index (χ1) is 15.4. The molecule has 0 spiro atoms. The number of aryl methyl sites for hydroxylation is 1. The fourth-order valence-corrected chi connectivity index (χ4v) is 5.01. The van der Waals surface area contributed by atoms with Crippen molar-refractivity contribution in [2.45, 2.75) is 44.8 Å². The van der Waals surface area contributed by atoms with Crippen LogP contribution in [-0.2, 0) is 13.0 Å². The Morgan fingerprint density at radius 2 is 1.81 bits per heavy atom. The first kappa shape index (κ1) is 20.4. The minimum Gasteiger partial charge on any atom is -0.343 e. The van der Waals surface area contributed by atoms with Crippen LogP contribution in [0.3, 0.4) is 0 Å². The van der Waals surface area contributed by atoms with Crippen molar-refractivity contribution in [3.05, 3.63) is 71.3 Å². The van der Waals surface area contributed by atoms with E-state index in [1.807, 2.05) is 48.2 Å². The molecule has 7 heteroatoms. The van der Waals surface area contributed by atoms with Gasteiger partial charge in [-0.1, -0.05) is 30.3 Å². The van der Waals surface area contributed by atoms with E-state index >= 15 is 0 Å². The van der Waals surface area contributed by atoms with E-state index < -0.39 is 0 Å². The van der Waals surface area contributed by atoms with Crippen LogP contribution >= 0.6 is 0 Å². The molecule has 32 heavy (non-hydrogen) atoms. The van der Waals surface area contributed by atoms with E-state index in [1.165, 1.54) is 0 Å². The van der Waals surface area contributed by atoms with Crippen LogP contribution in [0.25, 0.3) is 11.4 Å². The van der Waals surface area contributed by atoms with Crippen LogP contribution in [0.5, 0.6) is 0 Å². The number of amides is 2. The van der Waals surface area contributed by atoms with Crippen LogP contribution in [0.2, 0.25) is 0 Å². The van der Waals surface area contributed by atoms with E-state index in [0.29, 0.717) is 24.2 Å². The van der Waals surface area contributed by atoms with Gasteiger partial charge in [-0.25, -0.2) is 4.98 Å². The zero-order chi connectivity index (χ0) is 22.4. The summed E-state index contributed by atoms with van der Waals surface area (Å²) >= 11 is 0. The van der Waals surface area contributed by atoms with Crippen molar-refractivity contribution in [1.82, 2.24) is 24.3 Å². The van der Waals surface area contributed by atoms with Crippen LogP contribution in [0.1, 0.15) is 44.9 Å². The Bertz CT molecular complexity index is 1180. The van der Waals surface area contributed by atoms with Gasteiger partial charge in [-0.2, -0.15) is 0 Å². The predicted molar refractivity (Wildman–Crippen MR) is 121 cm³/mol. The number of pyridine rings is 1. The number of hydrogen-bond donors (Lipinski definition) is 0. The van der Waals surface area contributed by atoms with E-state index in [0.717, 1.165) is 35.5 Å². The summed E-state index contributed by atoms with van der Waals surface area (Å²) in [5.41, 5.74) is 3.99. The third-order valence-electron chi connectivity index (χ3n) is 6.51. The van der Waals surface area contributed by atoms with Crippen LogP contribution in [0.4, 0.5) is 0 Å². The van der Waals surface area contributed by atoms with Crippen LogP contribution < -0.4 is 0 Å². The monoisotopic (exact) mass is 429 g/mol. The van der Waals surface area contributed by atoms with Crippen molar-refractivity contribution in [2.24, 2.45) is 0 Å². The van der Waals surface area contributed by atoms with E-state index in [4.69, 9.17) is 4.98 Å². The highest BCUT2D eigenvalue weighted by Gasteiger charge is 2.42. The van der Waals surface area contributed by atoms with Gasteiger partial charge in [0, 0.05) is 51.1 Å². The average Bonchev–Trinajstić information content (AvgIpc) is 3.29. The summed E-state index contributed by atoms with van der Waals surface area (Å²) in [5.74, 6) is 0.714. The second kappa shape index (κ2) is 7.89. The fraction of sp³-hybridized carbons (Fsp3) is 0.360. The summed E-state index contributed by atoms with van der Waals surface area (Å²) in [6.45, 7) is 2.58. The third-order valence-corrected chi connectivity index (χ3v) is 6.51. The highest BCUT2D eigenvalue weighted by atomic mass is 16.2. The second-order valence-corrected chi connectivity index (χ2v) is 8.96. The van der Waals surface area contributed by atoms with Gasteiger partial charge in [-0.15, -0.1) is 0 Å². The van der Waals surface area contributed by atoms with Gasteiger partial charge in [0.2, 0.25) is 0 Å². The van der Waals surface area contributed by atoms with Gasteiger partial charge >= 0.3 is 0 Å². The highest BCUT2D eigenvalue weighted by Crippen LogP contribution is 2.36. The second-order valence-electron chi connectivity index (χ2n) is 8.96. The lowest BCUT2D eigenvalue weighted by Gasteiger charge is -2.28. The number of imidazole rings is 1. The number of rotatable bonds is 3. The Balaban J connectivity index is 1.58. The van der Waals surface area contributed by atoms with E-state index in [2.05, 4.69) is 9.55 Å². The quantitative estimate of drug-likeness (QED) is 0.641. The van der Waals surface area contributed by atoms with Crippen molar-refractivity contribution in [3.8, 4) is 11.4 Å². The van der Waals surface area contributed by atoms with Crippen molar-refractivity contribution < 1.29 is 9.59 Å². The molecule has 0 aliphatic carbocycles. The van der Waals surface area contributed by atoms with Gasteiger partial charge in [-0.05, 0) is 31.4 Å². The van der Waals surface area contributed by atoms with Crippen molar-refractivity contribution in [3.63, 3.8) is 0 Å². The molecule has 0 N–H and O–H groups in total. The summed E-state index contributed by atoms with van der Waals surface area (Å²) in [6, 6.07) is 12.0. The Morgan fingerprint density at radius 1 is 1.06 bits per heavy atom. The molecule has 2 bridgehead atoms. The first-order valence-corrected chi connectivity index (χ1v) is 11.0. The molecule has 7 nitrogen and oxygen atoms in total. The smallest absolute Gasteiger partial charge is 0.273 e. The van der Waals surface area contributed by atoms with Gasteiger partial charge in [0.05, 0.1) is 17.3 Å². The molecule has 0 radical (unpaired) electrons. The van der Waals surface area contributed by atoms with Crippen molar-refractivity contribution in [2.75, 3.05) is 14.1 Å². The number of aromatic nitrogens is 3. The lowest BCUT2D eigenvalue weighted by molar-refractivity contribution is 0.0665.